The van der Waals surface area contributed by atoms with E-state index in [2.05, 4.69) is 43.0 Å². The third-order valence-corrected chi connectivity index (χ3v) is 4.01. The molecule has 2 unspecified atom stereocenters. The molecule has 0 amide bonds. The van der Waals surface area contributed by atoms with Crippen LogP contribution in [0.15, 0.2) is 6.33 Å². The molecular formula is C15H25N3. The van der Waals surface area contributed by atoms with Gasteiger partial charge in [-0.1, -0.05) is 20.8 Å². The number of aromatic nitrogens is 2. The third kappa shape index (κ3) is 2.56. The summed E-state index contributed by atoms with van der Waals surface area (Å²) >= 11 is 0. The van der Waals surface area contributed by atoms with Gasteiger partial charge in [0.15, 0.2) is 0 Å². The average molecular weight is 247 g/mol. The minimum Gasteiger partial charge on any atom is -0.314 e. The third-order valence-electron chi connectivity index (χ3n) is 4.01. The number of nitrogens with zero attached hydrogens (tertiary/aromatic N) is 2. The molecule has 0 saturated heterocycles. The molecule has 1 aliphatic rings. The van der Waals surface area contributed by atoms with Crippen molar-refractivity contribution in [2.24, 2.45) is 5.92 Å². The number of rotatable bonds is 5. The maximum absolute atomic E-state index is 4.62. The van der Waals surface area contributed by atoms with Gasteiger partial charge in [-0.3, -0.25) is 0 Å². The second-order valence-corrected chi connectivity index (χ2v) is 5.65. The van der Waals surface area contributed by atoms with Crippen LogP contribution in [0, 0.1) is 5.92 Å². The molecule has 1 aromatic heterocycles. The largest absolute Gasteiger partial charge is 0.314 e. The van der Waals surface area contributed by atoms with Crippen LogP contribution in [0.25, 0.3) is 0 Å². The quantitative estimate of drug-likeness (QED) is 0.869. The molecule has 1 heterocycles. The molecule has 3 heteroatoms. The summed E-state index contributed by atoms with van der Waals surface area (Å²) in [5, 5.41) is 3.56. The van der Waals surface area contributed by atoms with E-state index in [0.29, 0.717) is 17.9 Å². The molecule has 100 valence electrons. The predicted molar refractivity (Wildman–Crippen MR) is 74.8 cm³/mol. The number of likely N-dealkylation sites (N-methyl/N-ethyl adjacent to an activating group) is 1. The fraction of sp³-hybridized carbons (Fsp3) is 0.733. The van der Waals surface area contributed by atoms with Crippen molar-refractivity contribution in [3.05, 3.63) is 23.3 Å². The highest BCUT2D eigenvalue weighted by Crippen LogP contribution is 2.33. The van der Waals surface area contributed by atoms with Crippen LogP contribution in [-0.2, 0) is 12.8 Å². The van der Waals surface area contributed by atoms with Gasteiger partial charge in [-0.2, -0.15) is 0 Å². The molecule has 2 atom stereocenters. The number of hydrogen-bond acceptors (Lipinski definition) is 3. The fourth-order valence-electron chi connectivity index (χ4n) is 3.25. The molecule has 0 radical (unpaired) electrons. The summed E-state index contributed by atoms with van der Waals surface area (Å²) in [5.41, 5.74) is 4.01. The van der Waals surface area contributed by atoms with Crippen LogP contribution in [0.2, 0.25) is 0 Å². The topological polar surface area (TPSA) is 37.8 Å². The second kappa shape index (κ2) is 5.79. The molecule has 0 aliphatic heterocycles. The molecule has 3 nitrogen and oxygen atoms in total. The molecule has 18 heavy (non-hydrogen) atoms. The van der Waals surface area contributed by atoms with Crippen LogP contribution in [-0.4, -0.2) is 22.6 Å². The highest BCUT2D eigenvalue weighted by molar-refractivity contribution is 5.32. The van der Waals surface area contributed by atoms with Crippen molar-refractivity contribution in [2.45, 2.75) is 58.9 Å². The van der Waals surface area contributed by atoms with Crippen LogP contribution >= 0.6 is 0 Å². The number of nitrogens with one attached hydrogen (secondary N) is 1. The first-order chi connectivity index (χ1) is 8.65. The smallest absolute Gasteiger partial charge is 0.115 e. The van der Waals surface area contributed by atoms with Crippen molar-refractivity contribution in [1.29, 1.82) is 0 Å². The SMILES string of the molecule is CCNC(C)C(c1ncnc2c1CCC2)C(C)C. The summed E-state index contributed by atoms with van der Waals surface area (Å²) in [6.07, 6.45) is 5.29. The van der Waals surface area contributed by atoms with E-state index in [-0.39, 0.29) is 0 Å². The van der Waals surface area contributed by atoms with Crippen molar-refractivity contribution >= 4 is 0 Å². The lowest BCUT2D eigenvalue weighted by Gasteiger charge is -2.29. The van der Waals surface area contributed by atoms with Gasteiger partial charge in [0.1, 0.15) is 6.33 Å². The maximum Gasteiger partial charge on any atom is 0.115 e. The molecule has 0 spiro atoms. The molecular weight excluding hydrogens is 222 g/mol. The molecule has 0 bridgehead atoms. The zero-order valence-corrected chi connectivity index (χ0v) is 12.0. The standard InChI is InChI=1S/C15H25N3/c1-5-16-11(4)14(10(2)3)15-12-7-6-8-13(12)17-9-18-15/h9-11,14,16H,5-8H2,1-4H3. The predicted octanol–water partition coefficient (Wildman–Crippen LogP) is 2.70. The van der Waals surface area contributed by atoms with Crippen LogP contribution in [0.1, 0.15) is 57.0 Å². The Morgan fingerprint density at radius 1 is 1.22 bits per heavy atom. The summed E-state index contributed by atoms with van der Waals surface area (Å²) in [5.74, 6) is 1.08. The summed E-state index contributed by atoms with van der Waals surface area (Å²) in [7, 11) is 0. The first-order valence-electron chi connectivity index (χ1n) is 7.21. The fourth-order valence-corrected chi connectivity index (χ4v) is 3.25. The Kier molecular flexibility index (Phi) is 4.33. The number of fused-ring (bicyclic) bond motifs is 1. The van der Waals surface area contributed by atoms with E-state index in [0.717, 1.165) is 19.4 Å². The Morgan fingerprint density at radius 3 is 2.67 bits per heavy atom. The highest BCUT2D eigenvalue weighted by Gasteiger charge is 2.28. The first kappa shape index (κ1) is 13.5. The van der Waals surface area contributed by atoms with Crippen LogP contribution in [0.5, 0.6) is 0 Å². The van der Waals surface area contributed by atoms with Crippen LogP contribution in [0.4, 0.5) is 0 Å². The lowest BCUT2D eigenvalue weighted by Crippen LogP contribution is -2.35. The van der Waals surface area contributed by atoms with E-state index in [1.165, 1.54) is 23.4 Å². The van der Waals surface area contributed by atoms with Gasteiger partial charge >= 0.3 is 0 Å². The molecule has 2 rings (SSSR count). The van der Waals surface area contributed by atoms with E-state index in [4.69, 9.17) is 0 Å². The summed E-state index contributed by atoms with van der Waals surface area (Å²) in [4.78, 5) is 9.06. The zero-order valence-electron chi connectivity index (χ0n) is 12.0. The van der Waals surface area contributed by atoms with Crippen LogP contribution < -0.4 is 5.32 Å². The van der Waals surface area contributed by atoms with Gasteiger partial charge in [0.05, 0.1) is 5.69 Å². The van der Waals surface area contributed by atoms with Crippen molar-refractivity contribution in [3.63, 3.8) is 0 Å². The van der Waals surface area contributed by atoms with Crippen molar-refractivity contribution < 1.29 is 0 Å². The normalized spacial score (nSPS) is 17.8. The molecule has 1 aliphatic carbocycles. The molecule has 0 fully saturated rings. The Morgan fingerprint density at radius 2 is 2.00 bits per heavy atom. The highest BCUT2D eigenvalue weighted by atomic mass is 14.9. The lowest BCUT2D eigenvalue weighted by atomic mass is 9.84. The van der Waals surface area contributed by atoms with E-state index in [9.17, 15) is 0 Å². The van der Waals surface area contributed by atoms with E-state index in [1.54, 1.807) is 6.33 Å². The second-order valence-electron chi connectivity index (χ2n) is 5.65. The number of aryl methyl sites for hydroxylation is 1. The van der Waals surface area contributed by atoms with Gasteiger partial charge in [-0.25, -0.2) is 9.97 Å². The van der Waals surface area contributed by atoms with Crippen molar-refractivity contribution in [2.75, 3.05) is 6.54 Å². The van der Waals surface area contributed by atoms with Crippen LogP contribution in [0.3, 0.4) is 0 Å². The lowest BCUT2D eigenvalue weighted by molar-refractivity contribution is 0.373. The molecule has 1 aromatic rings. The first-order valence-corrected chi connectivity index (χ1v) is 7.21. The monoisotopic (exact) mass is 247 g/mol. The summed E-state index contributed by atoms with van der Waals surface area (Å²) < 4.78 is 0. The van der Waals surface area contributed by atoms with Gasteiger partial charge in [0.25, 0.3) is 0 Å². The molecule has 0 saturated carbocycles. The number of hydrogen-bond donors (Lipinski definition) is 1. The Hall–Kier alpha value is -0.960. The molecule has 0 aromatic carbocycles. The minimum absolute atomic E-state index is 0.467. The van der Waals surface area contributed by atoms with Gasteiger partial charge in [-0.05, 0) is 44.2 Å². The summed E-state index contributed by atoms with van der Waals surface area (Å²) in [6.45, 7) is 10.0. The van der Waals surface area contributed by atoms with Gasteiger partial charge < -0.3 is 5.32 Å². The minimum atomic E-state index is 0.467. The van der Waals surface area contributed by atoms with E-state index >= 15 is 0 Å². The van der Waals surface area contributed by atoms with E-state index < -0.39 is 0 Å². The van der Waals surface area contributed by atoms with Gasteiger partial charge in [0.2, 0.25) is 0 Å². The van der Waals surface area contributed by atoms with Crippen molar-refractivity contribution in [1.82, 2.24) is 15.3 Å². The Labute approximate surface area is 110 Å². The average Bonchev–Trinajstić information content (AvgIpc) is 2.78. The van der Waals surface area contributed by atoms with Gasteiger partial charge in [0, 0.05) is 17.7 Å². The zero-order chi connectivity index (χ0) is 13.1. The Balaban J connectivity index is 2.34. The Bertz CT molecular complexity index is 401. The molecule has 1 N–H and O–H groups in total. The summed E-state index contributed by atoms with van der Waals surface area (Å²) in [6, 6.07) is 0.467. The van der Waals surface area contributed by atoms with Gasteiger partial charge in [-0.15, -0.1) is 0 Å². The van der Waals surface area contributed by atoms with E-state index in [1.807, 2.05) is 0 Å². The maximum atomic E-state index is 4.62. The van der Waals surface area contributed by atoms with Crippen molar-refractivity contribution in [3.8, 4) is 0 Å².